The normalized spacial score (nSPS) is 15.5. The summed E-state index contributed by atoms with van der Waals surface area (Å²) in [6.45, 7) is 8.66. The van der Waals surface area contributed by atoms with E-state index in [0.29, 0.717) is 18.2 Å². The second-order valence-corrected chi connectivity index (χ2v) is 7.03. The smallest absolute Gasteiger partial charge is 0.332 e. The average Bonchev–Trinajstić information content (AvgIpc) is 3.22. The van der Waals surface area contributed by atoms with E-state index in [1.165, 1.54) is 11.6 Å². The molecule has 1 aromatic heterocycles. The molecule has 0 radical (unpaired) electrons. The van der Waals surface area contributed by atoms with Gasteiger partial charge in [-0.2, -0.15) is 0 Å². The first kappa shape index (κ1) is 15.7. The minimum absolute atomic E-state index is 0.194. The molecule has 0 saturated heterocycles. The minimum Gasteiger partial charge on any atom is -0.383 e. The summed E-state index contributed by atoms with van der Waals surface area (Å²) in [5.74, 6) is 1.06. The first-order valence-electron chi connectivity index (χ1n) is 7.52. The van der Waals surface area contributed by atoms with Gasteiger partial charge in [-0.15, -0.1) is 0 Å². The molecule has 0 atom stereocenters. The molecular formula is C15H26N4O2. The maximum atomic E-state index is 12.4. The van der Waals surface area contributed by atoms with Gasteiger partial charge in [0.1, 0.15) is 11.5 Å². The first-order chi connectivity index (χ1) is 9.65. The Morgan fingerprint density at radius 3 is 2.38 bits per heavy atom. The van der Waals surface area contributed by atoms with Gasteiger partial charge < -0.3 is 11.1 Å². The van der Waals surface area contributed by atoms with Crippen molar-refractivity contribution in [2.75, 3.05) is 11.1 Å². The molecule has 1 aromatic rings. The van der Waals surface area contributed by atoms with Crippen molar-refractivity contribution in [1.82, 2.24) is 9.13 Å². The molecule has 0 spiro atoms. The molecule has 2 rings (SSSR count). The minimum atomic E-state index is -0.360. The number of rotatable bonds is 5. The molecule has 0 bridgehead atoms. The maximum absolute atomic E-state index is 12.4. The topological polar surface area (TPSA) is 82.0 Å². The van der Waals surface area contributed by atoms with E-state index in [1.807, 2.05) is 13.8 Å². The van der Waals surface area contributed by atoms with Crippen molar-refractivity contribution in [2.24, 2.45) is 18.9 Å². The Hall–Kier alpha value is -1.72. The highest BCUT2D eigenvalue weighted by Crippen LogP contribution is 2.41. The van der Waals surface area contributed by atoms with Crippen LogP contribution in [0.5, 0.6) is 0 Å². The van der Waals surface area contributed by atoms with E-state index in [2.05, 4.69) is 19.2 Å². The summed E-state index contributed by atoms with van der Waals surface area (Å²) < 4.78 is 2.61. The van der Waals surface area contributed by atoms with E-state index in [1.54, 1.807) is 0 Å². The molecule has 0 amide bonds. The van der Waals surface area contributed by atoms with Gasteiger partial charge in [-0.05, 0) is 38.5 Å². The molecular weight excluding hydrogens is 268 g/mol. The van der Waals surface area contributed by atoms with Crippen LogP contribution >= 0.6 is 0 Å². The SMILES string of the molecule is CC(C)Cn1c(N)c(NC(C)(C)C2CC2)c(=O)n(C)c1=O. The van der Waals surface area contributed by atoms with Crippen molar-refractivity contribution in [3.63, 3.8) is 0 Å². The van der Waals surface area contributed by atoms with Crippen molar-refractivity contribution in [1.29, 1.82) is 0 Å². The van der Waals surface area contributed by atoms with Crippen LogP contribution in [-0.4, -0.2) is 14.7 Å². The van der Waals surface area contributed by atoms with Crippen LogP contribution < -0.4 is 22.3 Å². The summed E-state index contributed by atoms with van der Waals surface area (Å²) in [6, 6.07) is 0. The van der Waals surface area contributed by atoms with Gasteiger partial charge >= 0.3 is 5.69 Å². The fourth-order valence-electron chi connectivity index (χ4n) is 2.67. The molecule has 1 heterocycles. The molecule has 6 heteroatoms. The molecule has 0 aromatic carbocycles. The van der Waals surface area contributed by atoms with Crippen LogP contribution in [0.25, 0.3) is 0 Å². The number of nitrogen functional groups attached to an aromatic ring is 1. The van der Waals surface area contributed by atoms with Gasteiger partial charge in [-0.3, -0.25) is 13.9 Å². The summed E-state index contributed by atoms with van der Waals surface area (Å²) >= 11 is 0. The summed E-state index contributed by atoms with van der Waals surface area (Å²) in [4.78, 5) is 24.6. The average molecular weight is 294 g/mol. The number of anilines is 2. The molecule has 1 saturated carbocycles. The lowest BCUT2D eigenvalue weighted by molar-refractivity contribution is 0.480. The Balaban J connectivity index is 2.52. The van der Waals surface area contributed by atoms with Crippen LogP contribution in [0.3, 0.4) is 0 Å². The zero-order valence-electron chi connectivity index (χ0n) is 13.6. The van der Waals surface area contributed by atoms with Crippen LogP contribution in [0.1, 0.15) is 40.5 Å². The Morgan fingerprint density at radius 1 is 1.33 bits per heavy atom. The number of nitrogens with one attached hydrogen (secondary N) is 1. The van der Waals surface area contributed by atoms with Gasteiger partial charge in [-0.1, -0.05) is 13.8 Å². The Kier molecular flexibility index (Phi) is 3.91. The van der Waals surface area contributed by atoms with Gasteiger partial charge in [0, 0.05) is 19.1 Å². The van der Waals surface area contributed by atoms with E-state index in [-0.39, 0.29) is 28.5 Å². The Morgan fingerprint density at radius 2 is 1.90 bits per heavy atom. The Bertz CT molecular complexity index is 651. The Labute approximate surface area is 125 Å². The third-order valence-electron chi connectivity index (χ3n) is 4.18. The summed E-state index contributed by atoms with van der Waals surface area (Å²) in [5, 5.41) is 3.28. The standard InChI is InChI=1S/C15H26N4O2/c1-9(2)8-19-12(16)11(13(20)18(5)14(19)21)17-15(3,4)10-6-7-10/h9-10,17H,6-8,16H2,1-5H3. The largest absolute Gasteiger partial charge is 0.383 e. The van der Waals surface area contributed by atoms with Crippen LogP contribution in [0.15, 0.2) is 9.59 Å². The number of nitrogens with two attached hydrogens (primary N) is 1. The second-order valence-electron chi connectivity index (χ2n) is 7.03. The molecule has 1 fully saturated rings. The first-order valence-corrected chi connectivity index (χ1v) is 7.52. The predicted molar refractivity (Wildman–Crippen MR) is 85.6 cm³/mol. The molecule has 0 aliphatic heterocycles. The van der Waals surface area contributed by atoms with Gasteiger partial charge in [0.25, 0.3) is 5.56 Å². The fourth-order valence-corrected chi connectivity index (χ4v) is 2.67. The number of hydrogen-bond acceptors (Lipinski definition) is 4. The van der Waals surface area contributed by atoms with Crippen molar-refractivity contribution in [3.05, 3.63) is 20.8 Å². The zero-order chi connectivity index (χ0) is 15.9. The number of nitrogens with zero attached hydrogens (tertiary/aromatic N) is 2. The summed E-state index contributed by atoms with van der Waals surface area (Å²) in [5.41, 5.74) is 5.55. The van der Waals surface area contributed by atoms with Crippen LogP contribution in [-0.2, 0) is 13.6 Å². The van der Waals surface area contributed by atoms with E-state index < -0.39 is 0 Å². The van der Waals surface area contributed by atoms with E-state index in [9.17, 15) is 9.59 Å². The zero-order valence-corrected chi connectivity index (χ0v) is 13.6. The van der Waals surface area contributed by atoms with Crippen LogP contribution in [0.4, 0.5) is 11.5 Å². The van der Waals surface area contributed by atoms with Gasteiger partial charge in [-0.25, -0.2) is 4.79 Å². The fraction of sp³-hybridized carbons (Fsp3) is 0.733. The molecule has 21 heavy (non-hydrogen) atoms. The van der Waals surface area contributed by atoms with Crippen LogP contribution in [0.2, 0.25) is 0 Å². The monoisotopic (exact) mass is 294 g/mol. The summed E-state index contributed by atoms with van der Waals surface area (Å²) in [6.07, 6.45) is 2.32. The van der Waals surface area contributed by atoms with E-state index in [4.69, 9.17) is 5.73 Å². The lowest BCUT2D eigenvalue weighted by Crippen LogP contribution is -2.44. The third-order valence-corrected chi connectivity index (χ3v) is 4.18. The quantitative estimate of drug-likeness (QED) is 0.859. The van der Waals surface area contributed by atoms with Crippen molar-refractivity contribution < 1.29 is 0 Å². The molecule has 6 nitrogen and oxygen atoms in total. The molecule has 118 valence electrons. The predicted octanol–water partition coefficient (Wildman–Crippen LogP) is 1.39. The highest BCUT2D eigenvalue weighted by molar-refractivity contribution is 5.62. The summed E-state index contributed by atoms with van der Waals surface area (Å²) in [7, 11) is 1.50. The maximum Gasteiger partial charge on any atom is 0.332 e. The van der Waals surface area contributed by atoms with Gasteiger partial charge in [0.05, 0.1) is 0 Å². The lowest BCUT2D eigenvalue weighted by Gasteiger charge is -2.28. The van der Waals surface area contributed by atoms with Crippen LogP contribution in [0, 0.1) is 11.8 Å². The van der Waals surface area contributed by atoms with Gasteiger partial charge in [0.15, 0.2) is 0 Å². The molecule has 0 unspecified atom stereocenters. The second kappa shape index (κ2) is 5.24. The van der Waals surface area contributed by atoms with Crippen molar-refractivity contribution >= 4 is 11.5 Å². The number of aromatic nitrogens is 2. The van der Waals surface area contributed by atoms with Gasteiger partial charge in [0.2, 0.25) is 0 Å². The van der Waals surface area contributed by atoms with Crippen molar-refractivity contribution in [3.8, 4) is 0 Å². The third kappa shape index (κ3) is 2.99. The highest BCUT2D eigenvalue weighted by atomic mass is 16.2. The van der Waals surface area contributed by atoms with E-state index in [0.717, 1.165) is 17.4 Å². The number of hydrogen-bond donors (Lipinski definition) is 2. The molecule has 1 aliphatic rings. The molecule has 1 aliphatic carbocycles. The highest BCUT2D eigenvalue weighted by Gasteiger charge is 2.38. The van der Waals surface area contributed by atoms with E-state index >= 15 is 0 Å². The lowest BCUT2D eigenvalue weighted by atomic mass is 9.98. The van der Waals surface area contributed by atoms with Crippen molar-refractivity contribution in [2.45, 2.75) is 52.6 Å². The molecule has 3 N–H and O–H groups in total.